The average Bonchev–Trinajstić information content (AvgIpc) is 2.19. The molecule has 0 aliphatic carbocycles. The first-order valence-corrected chi connectivity index (χ1v) is 3.15. The SMILES string of the molecule is Cl.ClCCc1ccc[nH]1. The molecule has 1 N–H and O–H groups in total. The standard InChI is InChI=1S/C6H8ClN.ClH/c7-4-3-6-2-1-5-8-6;/h1-2,5,8H,3-4H2;1H. The van der Waals surface area contributed by atoms with Crippen LogP contribution in [-0.2, 0) is 6.42 Å². The van der Waals surface area contributed by atoms with Crippen LogP contribution in [-0.4, -0.2) is 10.9 Å². The maximum atomic E-state index is 5.47. The molecule has 0 bridgehead atoms. The third kappa shape index (κ3) is 2.78. The zero-order valence-corrected chi connectivity index (χ0v) is 6.50. The summed E-state index contributed by atoms with van der Waals surface area (Å²) in [5.74, 6) is 0.695. The van der Waals surface area contributed by atoms with Gasteiger partial charge in [-0.1, -0.05) is 0 Å². The predicted molar refractivity (Wildman–Crippen MR) is 42.5 cm³/mol. The third-order valence-electron chi connectivity index (χ3n) is 1.03. The first kappa shape index (κ1) is 8.86. The molecule has 0 aliphatic rings. The van der Waals surface area contributed by atoms with Crippen molar-refractivity contribution in [3.63, 3.8) is 0 Å². The van der Waals surface area contributed by atoms with Gasteiger partial charge in [0.25, 0.3) is 0 Å². The molecule has 0 aliphatic heterocycles. The van der Waals surface area contributed by atoms with E-state index in [1.165, 1.54) is 5.69 Å². The minimum Gasteiger partial charge on any atom is -0.365 e. The molecule has 0 aromatic carbocycles. The highest BCUT2D eigenvalue weighted by molar-refractivity contribution is 6.17. The van der Waals surface area contributed by atoms with Crippen molar-refractivity contribution in [1.29, 1.82) is 0 Å². The smallest absolute Gasteiger partial charge is 0.0278 e. The zero-order valence-electron chi connectivity index (χ0n) is 4.93. The highest BCUT2D eigenvalue weighted by atomic mass is 35.5. The van der Waals surface area contributed by atoms with Crippen LogP contribution in [0.25, 0.3) is 0 Å². The lowest BCUT2D eigenvalue weighted by molar-refractivity contribution is 1.07. The predicted octanol–water partition coefficient (Wildman–Crippen LogP) is 2.22. The number of rotatable bonds is 2. The second-order valence-corrected chi connectivity index (χ2v) is 2.01. The van der Waals surface area contributed by atoms with Crippen LogP contribution in [0.1, 0.15) is 5.69 Å². The summed E-state index contributed by atoms with van der Waals surface area (Å²) in [7, 11) is 0. The number of H-pyrrole nitrogens is 1. The van der Waals surface area contributed by atoms with Crippen molar-refractivity contribution in [2.24, 2.45) is 0 Å². The van der Waals surface area contributed by atoms with E-state index in [-0.39, 0.29) is 12.4 Å². The van der Waals surface area contributed by atoms with Crippen molar-refractivity contribution >= 4 is 24.0 Å². The summed E-state index contributed by atoms with van der Waals surface area (Å²) >= 11 is 5.47. The van der Waals surface area contributed by atoms with E-state index < -0.39 is 0 Å². The molecule has 3 heteroatoms. The minimum atomic E-state index is 0. The lowest BCUT2D eigenvalue weighted by Gasteiger charge is -1.86. The number of hydrogen-bond acceptors (Lipinski definition) is 0. The van der Waals surface area contributed by atoms with Crippen LogP contribution < -0.4 is 0 Å². The first-order chi connectivity index (χ1) is 3.93. The second kappa shape index (κ2) is 4.71. The molecule has 0 unspecified atom stereocenters. The lowest BCUT2D eigenvalue weighted by Crippen LogP contribution is -1.82. The monoisotopic (exact) mass is 165 g/mol. The van der Waals surface area contributed by atoms with Gasteiger partial charge < -0.3 is 4.98 Å². The summed E-state index contributed by atoms with van der Waals surface area (Å²) in [5.41, 5.74) is 1.21. The quantitative estimate of drug-likeness (QED) is 0.648. The fraction of sp³-hybridized carbons (Fsp3) is 0.333. The van der Waals surface area contributed by atoms with Crippen molar-refractivity contribution in [2.45, 2.75) is 6.42 Å². The van der Waals surface area contributed by atoms with E-state index in [1.54, 1.807) is 0 Å². The highest BCUT2D eigenvalue weighted by Crippen LogP contribution is 1.95. The number of halogens is 2. The molecule has 0 atom stereocenters. The summed E-state index contributed by atoms with van der Waals surface area (Å²) in [6.45, 7) is 0. The molecule has 1 aromatic rings. The van der Waals surface area contributed by atoms with Gasteiger partial charge in [0.2, 0.25) is 0 Å². The van der Waals surface area contributed by atoms with Crippen LogP contribution in [0.15, 0.2) is 18.3 Å². The van der Waals surface area contributed by atoms with E-state index in [4.69, 9.17) is 11.6 Å². The average molecular weight is 166 g/mol. The van der Waals surface area contributed by atoms with Gasteiger partial charge in [0.05, 0.1) is 0 Å². The summed E-state index contributed by atoms with van der Waals surface area (Å²) in [5, 5.41) is 0. The topological polar surface area (TPSA) is 15.8 Å². The molecule has 1 nitrogen and oxygen atoms in total. The number of nitrogens with one attached hydrogen (secondary N) is 1. The summed E-state index contributed by atoms with van der Waals surface area (Å²) < 4.78 is 0. The van der Waals surface area contributed by atoms with E-state index in [9.17, 15) is 0 Å². The molecule has 0 radical (unpaired) electrons. The molecule has 0 spiro atoms. The maximum Gasteiger partial charge on any atom is 0.0278 e. The molecule has 52 valence electrons. The molecular formula is C6H9Cl2N. The number of alkyl halides is 1. The number of aryl methyl sites for hydroxylation is 1. The van der Waals surface area contributed by atoms with Crippen molar-refractivity contribution in [3.05, 3.63) is 24.0 Å². The van der Waals surface area contributed by atoms with E-state index in [1.807, 2.05) is 18.3 Å². The number of aromatic amines is 1. The molecule has 0 amide bonds. The first-order valence-electron chi connectivity index (χ1n) is 2.61. The Bertz CT molecular complexity index is 137. The van der Waals surface area contributed by atoms with Crippen molar-refractivity contribution in [2.75, 3.05) is 5.88 Å². The van der Waals surface area contributed by atoms with Gasteiger partial charge in [0.15, 0.2) is 0 Å². The summed E-state index contributed by atoms with van der Waals surface area (Å²) in [4.78, 5) is 3.05. The highest BCUT2D eigenvalue weighted by Gasteiger charge is 1.86. The zero-order chi connectivity index (χ0) is 5.82. The van der Waals surface area contributed by atoms with E-state index in [2.05, 4.69) is 4.98 Å². The lowest BCUT2D eigenvalue weighted by atomic mass is 10.3. The Balaban J connectivity index is 0.000000640. The fourth-order valence-electron chi connectivity index (χ4n) is 0.625. The molecule has 0 fully saturated rings. The van der Waals surface area contributed by atoms with Crippen molar-refractivity contribution in [3.8, 4) is 0 Å². The summed E-state index contributed by atoms with van der Waals surface area (Å²) in [6, 6.07) is 4.00. The largest absolute Gasteiger partial charge is 0.365 e. The Labute approximate surface area is 65.8 Å². The minimum absolute atomic E-state index is 0. The van der Waals surface area contributed by atoms with Crippen LogP contribution >= 0.6 is 24.0 Å². The van der Waals surface area contributed by atoms with Gasteiger partial charge in [-0.25, -0.2) is 0 Å². The van der Waals surface area contributed by atoms with Gasteiger partial charge in [0, 0.05) is 24.2 Å². The molecular weight excluding hydrogens is 157 g/mol. The normalized spacial score (nSPS) is 8.56. The molecule has 0 saturated carbocycles. The van der Waals surface area contributed by atoms with Crippen LogP contribution in [0.4, 0.5) is 0 Å². The molecule has 1 aromatic heterocycles. The Morgan fingerprint density at radius 3 is 2.78 bits per heavy atom. The van der Waals surface area contributed by atoms with Gasteiger partial charge in [-0.2, -0.15) is 0 Å². The van der Waals surface area contributed by atoms with Gasteiger partial charge in [0.1, 0.15) is 0 Å². The molecule has 1 heterocycles. The Hall–Kier alpha value is -0.140. The maximum absolute atomic E-state index is 5.47. The Kier molecular flexibility index (Phi) is 4.64. The van der Waals surface area contributed by atoms with E-state index in [0.717, 1.165) is 6.42 Å². The van der Waals surface area contributed by atoms with Crippen molar-refractivity contribution < 1.29 is 0 Å². The van der Waals surface area contributed by atoms with E-state index in [0.29, 0.717) is 5.88 Å². The van der Waals surface area contributed by atoms with Gasteiger partial charge in [-0.15, -0.1) is 24.0 Å². The Morgan fingerprint density at radius 2 is 2.33 bits per heavy atom. The van der Waals surface area contributed by atoms with Crippen LogP contribution in [0.2, 0.25) is 0 Å². The molecule has 0 saturated heterocycles. The molecule has 1 rings (SSSR count). The third-order valence-corrected chi connectivity index (χ3v) is 1.22. The van der Waals surface area contributed by atoms with Crippen LogP contribution in [0.3, 0.4) is 0 Å². The number of hydrogen-bond donors (Lipinski definition) is 1. The molecule has 9 heavy (non-hydrogen) atoms. The van der Waals surface area contributed by atoms with Crippen LogP contribution in [0.5, 0.6) is 0 Å². The van der Waals surface area contributed by atoms with Gasteiger partial charge >= 0.3 is 0 Å². The van der Waals surface area contributed by atoms with E-state index >= 15 is 0 Å². The Morgan fingerprint density at radius 1 is 1.56 bits per heavy atom. The van der Waals surface area contributed by atoms with Crippen molar-refractivity contribution in [1.82, 2.24) is 4.98 Å². The second-order valence-electron chi connectivity index (χ2n) is 1.63. The number of aromatic nitrogens is 1. The van der Waals surface area contributed by atoms with Gasteiger partial charge in [-0.3, -0.25) is 0 Å². The fourth-order valence-corrected chi connectivity index (χ4v) is 0.828. The summed E-state index contributed by atoms with van der Waals surface area (Å²) in [6.07, 6.45) is 2.84. The van der Waals surface area contributed by atoms with Gasteiger partial charge in [-0.05, 0) is 12.1 Å². The van der Waals surface area contributed by atoms with Crippen LogP contribution in [0, 0.1) is 0 Å².